The Morgan fingerprint density at radius 3 is 2.62 bits per heavy atom. The molecule has 0 radical (unpaired) electrons. The summed E-state index contributed by atoms with van der Waals surface area (Å²) in [6.45, 7) is 4.90. The van der Waals surface area contributed by atoms with Gasteiger partial charge in [0, 0.05) is 6.04 Å². The highest BCUT2D eigenvalue weighted by atomic mass is 16.5. The second-order valence-electron chi connectivity index (χ2n) is 5.31. The van der Waals surface area contributed by atoms with E-state index in [2.05, 4.69) is 54.7 Å². The number of nitrogens with one attached hydrogen (secondary N) is 1. The van der Waals surface area contributed by atoms with Crippen LogP contribution in [0.4, 0.5) is 0 Å². The number of hydrogen-bond acceptors (Lipinski definition) is 2. The average Bonchev–Trinajstić information content (AvgIpc) is 2.50. The van der Waals surface area contributed by atoms with Crippen LogP contribution in [0.2, 0.25) is 0 Å². The Morgan fingerprint density at radius 2 is 1.90 bits per heavy atom. The maximum atomic E-state index is 5.60. The van der Waals surface area contributed by atoms with Crippen molar-refractivity contribution in [3.63, 3.8) is 0 Å². The first-order chi connectivity index (χ1) is 10.2. The molecule has 2 rings (SSSR count). The van der Waals surface area contributed by atoms with Crippen LogP contribution in [0.15, 0.2) is 48.5 Å². The monoisotopic (exact) mass is 283 g/mol. The molecular weight excluding hydrogens is 258 g/mol. The summed E-state index contributed by atoms with van der Waals surface area (Å²) in [5.41, 5.74) is 4.09. The maximum absolute atomic E-state index is 5.60. The van der Waals surface area contributed by atoms with Crippen molar-refractivity contribution in [2.45, 2.75) is 32.7 Å². The number of benzene rings is 2. The minimum atomic E-state index is 0.352. The number of aryl methyl sites for hydroxylation is 2. The summed E-state index contributed by atoms with van der Waals surface area (Å²) >= 11 is 0. The van der Waals surface area contributed by atoms with E-state index in [0.29, 0.717) is 12.6 Å². The highest BCUT2D eigenvalue weighted by Gasteiger charge is 2.11. The Bertz CT molecular complexity index is 565. The predicted molar refractivity (Wildman–Crippen MR) is 88.9 cm³/mol. The van der Waals surface area contributed by atoms with Crippen molar-refractivity contribution in [3.8, 4) is 5.75 Å². The van der Waals surface area contributed by atoms with Gasteiger partial charge in [-0.05, 0) is 62.6 Å². The molecule has 1 N–H and O–H groups in total. The van der Waals surface area contributed by atoms with E-state index in [-0.39, 0.29) is 0 Å². The molecule has 0 aliphatic carbocycles. The molecule has 0 amide bonds. The molecule has 2 aromatic rings. The maximum Gasteiger partial charge on any atom is 0.119 e. The average molecular weight is 283 g/mol. The van der Waals surface area contributed by atoms with Gasteiger partial charge in [-0.25, -0.2) is 0 Å². The van der Waals surface area contributed by atoms with E-state index in [1.54, 1.807) is 0 Å². The molecule has 1 unspecified atom stereocenters. The molecule has 2 heteroatoms. The van der Waals surface area contributed by atoms with Crippen molar-refractivity contribution in [2.24, 2.45) is 0 Å². The van der Waals surface area contributed by atoms with Crippen LogP contribution in [-0.4, -0.2) is 13.7 Å². The van der Waals surface area contributed by atoms with Crippen LogP contribution < -0.4 is 10.1 Å². The molecule has 0 heterocycles. The fourth-order valence-electron chi connectivity index (χ4n) is 2.66. The molecule has 0 spiro atoms. The van der Waals surface area contributed by atoms with E-state index in [1.807, 2.05) is 20.0 Å². The topological polar surface area (TPSA) is 21.3 Å². The molecule has 1 atom stereocenters. The van der Waals surface area contributed by atoms with Crippen LogP contribution >= 0.6 is 0 Å². The molecule has 2 nitrogen and oxygen atoms in total. The van der Waals surface area contributed by atoms with Crippen molar-refractivity contribution in [1.82, 2.24) is 5.32 Å². The SMILES string of the molecule is CCOc1cccc(C(CCc2ccccc2C)NC)c1. The molecule has 0 saturated carbocycles. The molecule has 0 aliphatic heterocycles. The van der Waals surface area contributed by atoms with Crippen LogP contribution in [0, 0.1) is 6.92 Å². The highest BCUT2D eigenvalue weighted by molar-refractivity contribution is 5.31. The van der Waals surface area contributed by atoms with Gasteiger partial charge >= 0.3 is 0 Å². The van der Waals surface area contributed by atoms with Gasteiger partial charge in [0.2, 0.25) is 0 Å². The van der Waals surface area contributed by atoms with Crippen molar-refractivity contribution < 1.29 is 4.74 Å². The first-order valence-corrected chi connectivity index (χ1v) is 7.69. The summed E-state index contributed by atoms with van der Waals surface area (Å²) in [5.74, 6) is 0.950. The lowest BCUT2D eigenvalue weighted by atomic mass is 9.97. The Labute approximate surface area is 128 Å². The Hall–Kier alpha value is -1.80. The molecule has 0 fully saturated rings. The first kappa shape index (κ1) is 15.6. The molecule has 21 heavy (non-hydrogen) atoms. The predicted octanol–water partition coefficient (Wildman–Crippen LogP) is 4.29. The van der Waals surface area contributed by atoms with Gasteiger partial charge in [-0.3, -0.25) is 0 Å². The third-order valence-electron chi connectivity index (χ3n) is 3.88. The number of hydrogen-bond donors (Lipinski definition) is 1. The quantitative estimate of drug-likeness (QED) is 0.818. The normalized spacial score (nSPS) is 12.1. The molecular formula is C19H25NO. The van der Waals surface area contributed by atoms with Gasteiger partial charge in [-0.15, -0.1) is 0 Å². The van der Waals surface area contributed by atoms with Gasteiger partial charge in [-0.2, -0.15) is 0 Å². The molecule has 2 aromatic carbocycles. The zero-order valence-electron chi connectivity index (χ0n) is 13.2. The molecule has 0 aliphatic rings. The molecule has 112 valence electrons. The minimum absolute atomic E-state index is 0.352. The summed E-state index contributed by atoms with van der Waals surface area (Å²) < 4.78 is 5.60. The van der Waals surface area contributed by atoms with Gasteiger partial charge in [0.15, 0.2) is 0 Å². The summed E-state index contributed by atoms with van der Waals surface area (Å²) in [6.07, 6.45) is 2.16. The summed E-state index contributed by atoms with van der Waals surface area (Å²) in [4.78, 5) is 0. The first-order valence-electron chi connectivity index (χ1n) is 7.69. The zero-order valence-corrected chi connectivity index (χ0v) is 13.2. The Morgan fingerprint density at radius 1 is 1.10 bits per heavy atom. The van der Waals surface area contributed by atoms with E-state index < -0.39 is 0 Å². The fourth-order valence-corrected chi connectivity index (χ4v) is 2.66. The van der Waals surface area contributed by atoms with Gasteiger partial charge in [0.05, 0.1) is 6.61 Å². The summed E-state index contributed by atoms with van der Waals surface area (Å²) in [5, 5.41) is 3.42. The van der Waals surface area contributed by atoms with Crippen LogP contribution in [0.3, 0.4) is 0 Å². The van der Waals surface area contributed by atoms with Gasteiger partial charge in [0.25, 0.3) is 0 Å². The van der Waals surface area contributed by atoms with Gasteiger partial charge < -0.3 is 10.1 Å². The number of ether oxygens (including phenoxy) is 1. The molecule has 0 bridgehead atoms. The van der Waals surface area contributed by atoms with E-state index >= 15 is 0 Å². The minimum Gasteiger partial charge on any atom is -0.494 e. The fraction of sp³-hybridized carbons (Fsp3) is 0.368. The van der Waals surface area contributed by atoms with Crippen LogP contribution in [0.25, 0.3) is 0 Å². The van der Waals surface area contributed by atoms with Crippen molar-refractivity contribution in [1.29, 1.82) is 0 Å². The van der Waals surface area contributed by atoms with Crippen LogP contribution in [0.5, 0.6) is 5.75 Å². The third kappa shape index (κ3) is 4.33. The lowest BCUT2D eigenvalue weighted by molar-refractivity contribution is 0.339. The lowest BCUT2D eigenvalue weighted by Crippen LogP contribution is -2.17. The number of rotatable bonds is 7. The van der Waals surface area contributed by atoms with Gasteiger partial charge in [0.1, 0.15) is 5.75 Å². The summed E-state index contributed by atoms with van der Waals surface area (Å²) in [6, 6.07) is 17.4. The van der Waals surface area contributed by atoms with Crippen LogP contribution in [0.1, 0.15) is 36.1 Å². The third-order valence-corrected chi connectivity index (χ3v) is 3.88. The van der Waals surface area contributed by atoms with Crippen molar-refractivity contribution in [3.05, 3.63) is 65.2 Å². The Balaban J connectivity index is 2.06. The summed E-state index contributed by atoms with van der Waals surface area (Å²) in [7, 11) is 2.02. The second kappa shape index (κ2) is 7.84. The van der Waals surface area contributed by atoms with E-state index in [0.717, 1.165) is 18.6 Å². The van der Waals surface area contributed by atoms with E-state index in [1.165, 1.54) is 16.7 Å². The van der Waals surface area contributed by atoms with Gasteiger partial charge in [-0.1, -0.05) is 36.4 Å². The van der Waals surface area contributed by atoms with E-state index in [4.69, 9.17) is 4.74 Å². The van der Waals surface area contributed by atoms with Crippen molar-refractivity contribution >= 4 is 0 Å². The highest BCUT2D eigenvalue weighted by Crippen LogP contribution is 2.23. The Kier molecular flexibility index (Phi) is 5.82. The van der Waals surface area contributed by atoms with Crippen molar-refractivity contribution in [2.75, 3.05) is 13.7 Å². The largest absolute Gasteiger partial charge is 0.494 e. The second-order valence-corrected chi connectivity index (χ2v) is 5.31. The lowest BCUT2D eigenvalue weighted by Gasteiger charge is -2.18. The zero-order chi connectivity index (χ0) is 15.1. The molecule has 0 saturated heterocycles. The van der Waals surface area contributed by atoms with E-state index in [9.17, 15) is 0 Å². The van der Waals surface area contributed by atoms with Crippen LogP contribution in [-0.2, 0) is 6.42 Å². The standard InChI is InChI=1S/C19H25NO/c1-4-21-18-11-7-10-17(14-18)19(20-3)13-12-16-9-6-5-8-15(16)2/h5-11,14,19-20H,4,12-13H2,1-3H3. The molecule has 0 aromatic heterocycles. The smallest absolute Gasteiger partial charge is 0.119 e.